The van der Waals surface area contributed by atoms with E-state index >= 15 is 0 Å². The summed E-state index contributed by atoms with van der Waals surface area (Å²) in [5.41, 5.74) is 3.78. The Morgan fingerprint density at radius 2 is 1.30 bits per heavy atom. The summed E-state index contributed by atoms with van der Waals surface area (Å²) in [6.07, 6.45) is 7.76. The molecule has 0 radical (unpaired) electrons. The van der Waals surface area contributed by atoms with Crippen molar-refractivity contribution in [2.45, 2.75) is 31.7 Å². The summed E-state index contributed by atoms with van der Waals surface area (Å²) in [5, 5.41) is 12.9. The van der Waals surface area contributed by atoms with Gasteiger partial charge in [0.05, 0.1) is 5.92 Å². The van der Waals surface area contributed by atoms with Crippen LogP contribution in [-0.2, 0) is 13.0 Å². The lowest BCUT2D eigenvalue weighted by molar-refractivity contribution is 0.165. The van der Waals surface area contributed by atoms with E-state index in [4.69, 9.17) is 0 Å². The first kappa shape index (κ1) is 24.9. The van der Waals surface area contributed by atoms with Crippen LogP contribution in [0.1, 0.15) is 41.3 Å². The van der Waals surface area contributed by atoms with E-state index in [1.54, 1.807) is 0 Å². The largest absolute Gasteiger partial charge is 0.375 e. The van der Waals surface area contributed by atoms with Crippen molar-refractivity contribution in [2.24, 2.45) is 0 Å². The highest BCUT2D eigenvalue weighted by Gasteiger charge is 2.23. The summed E-state index contributed by atoms with van der Waals surface area (Å²) in [6, 6.07) is 31.7. The molecular formula is C31H36N6. The van der Waals surface area contributed by atoms with Gasteiger partial charge in [-0.15, -0.1) is 5.10 Å². The highest BCUT2D eigenvalue weighted by molar-refractivity contribution is 5.38. The number of allylic oxidation sites excluding steroid dienone is 1. The molecule has 1 aromatic heterocycles. The van der Waals surface area contributed by atoms with E-state index in [1.807, 2.05) is 4.68 Å². The van der Waals surface area contributed by atoms with Crippen LogP contribution in [0.25, 0.3) is 0 Å². The summed E-state index contributed by atoms with van der Waals surface area (Å²) in [6.45, 7) is 6.39. The number of hydrogen-bond donors (Lipinski definition) is 0. The summed E-state index contributed by atoms with van der Waals surface area (Å²) < 4.78 is 2.00. The van der Waals surface area contributed by atoms with Crippen LogP contribution in [0, 0.1) is 0 Å². The van der Waals surface area contributed by atoms with Gasteiger partial charge in [0.25, 0.3) is 0 Å². The van der Waals surface area contributed by atoms with Crippen molar-refractivity contribution in [3.8, 4) is 0 Å². The molecule has 4 aromatic rings. The van der Waals surface area contributed by atoms with Gasteiger partial charge in [0.2, 0.25) is 0 Å². The standard InChI is InChI=1S/C31H36N6/c1-4-13-27(14-5-1)15-12-21-36-25-23-35(24-26-36)20-10-11-22-37-31(32-33-34-37)30(28-16-6-2-7-17-28)29-18-8-3-9-19-29/h1-9,12-14,16-19,21,30H,10-11,15,20,22-26H2/b21-12+. The molecule has 2 heterocycles. The molecule has 6 nitrogen and oxygen atoms in total. The third-order valence-electron chi connectivity index (χ3n) is 7.10. The van der Waals surface area contributed by atoms with Crippen LogP contribution in [0.2, 0.25) is 0 Å². The summed E-state index contributed by atoms with van der Waals surface area (Å²) >= 11 is 0. The Balaban J connectivity index is 1.09. The van der Waals surface area contributed by atoms with E-state index in [1.165, 1.54) is 16.7 Å². The molecule has 190 valence electrons. The lowest BCUT2D eigenvalue weighted by Crippen LogP contribution is -2.44. The van der Waals surface area contributed by atoms with Crippen LogP contribution in [-0.4, -0.2) is 62.7 Å². The molecule has 1 aliphatic heterocycles. The van der Waals surface area contributed by atoms with Gasteiger partial charge in [0.1, 0.15) is 0 Å². The van der Waals surface area contributed by atoms with Crippen molar-refractivity contribution >= 4 is 0 Å². The van der Waals surface area contributed by atoms with E-state index in [-0.39, 0.29) is 5.92 Å². The molecular weight excluding hydrogens is 456 g/mol. The third-order valence-corrected chi connectivity index (χ3v) is 7.10. The van der Waals surface area contributed by atoms with Gasteiger partial charge < -0.3 is 4.90 Å². The summed E-state index contributed by atoms with van der Waals surface area (Å²) in [7, 11) is 0. The normalized spacial score (nSPS) is 14.6. The van der Waals surface area contributed by atoms with Gasteiger partial charge in [-0.25, -0.2) is 4.68 Å². The van der Waals surface area contributed by atoms with Crippen molar-refractivity contribution in [3.05, 3.63) is 126 Å². The van der Waals surface area contributed by atoms with Gasteiger partial charge in [0, 0.05) is 32.7 Å². The molecule has 37 heavy (non-hydrogen) atoms. The van der Waals surface area contributed by atoms with E-state index in [0.29, 0.717) is 0 Å². The second-order valence-electron chi connectivity index (χ2n) is 9.67. The molecule has 3 aromatic carbocycles. The Morgan fingerprint density at radius 1 is 0.703 bits per heavy atom. The van der Waals surface area contributed by atoms with E-state index < -0.39 is 0 Å². The van der Waals surface area contributed by atoms with Gasteiger partial charge in [-0.2, -0.15) is 0 Å². The molecule has 0 bridgehead atoms. The van der Waals surface area contributed by atoms with E-state index in [2.05, 4.69) is 129 Å². The second-order valence-corrected chi connectivity index (χ2v) is 9.67. The topological polar surface area (TPSA) is 50.1 Å². The predicted molar refractivity (Wildman–Crippen MR) is 148 cm³/mol. The van der Waals surface area contributed by atoms with Crippen LogP contribution in [0.5, 0.6) is 0 Å². The first-order chi connectivity index (χ1) is 18.4. The second kappa shape index (κ2) is 13.0. The lowest BCUT2D eigenvalue weighted by atomic mass is 9.90. The Kier molecular flexibility index (Phi) is 8.73. The molecule has 0 aliphatic carbocycles. The maximum atomic E-state index is 4.47. The summed E-state index contributed by atoms with van der Waals surface area (Å²) in [5.74, 6) is 0.939. The average molecular weight is 493 g/mol. The van der Waals surface area contributed by atoms with Gasteiger partial charge >= 0.3 is 0 Å². The van der Waals surface area contributed by atoms with Gasteiger partial charge in [-0.05, 0) is 59.1 Å². The Hall–Kier alpha value is -3.77. The fraction of sp³-hybridized carbons (Fsp3) is 0.323. The number of aromatic nitrogens is 4. The molecule has 1 fully saturated rings. The molecule has 0 saturated carbocycles. The monoisotopic (exact) mass is 492 g/mol. The molecule has 6 heteroatoms. The van der Waals surface area contributed by atoms with Gasteiger partial charge in [-0.3, -0.25) is 4.90 Å². The Morgan fingerprint density at radius 3 is 1.95 bits per heavy atom. The molecule has 1 saturated heterocycles. The van der Waals surface area contributed by atoms with Gasteiger partial charge in [0.15, 0.2) is 5.82 Å². The minimum absolute atomic E-state index is 0.0282. The molecule has 1 aliphatic rings. The fourth-order valence-electron chi connectivity index (χ4n) is 5.04. The predicted octanol–water partition coefficient (Wildman–Crippen LogP) is 5.01. The first-order valence-corrected chi connectivity index (χ1v) is 13.4. The number of rotatable bonds is 11. The number of nitrogens with zero attached hydrogens (tertiary/aromatic N) is 6. The SMILES string of the molecule is C(=C\N1CCN(CCCCn2nnnc2C(c2ccccc2)c2ccccc2)CC1)/Cc1ccccc1. The zero-order chi connectivity index (χ0) is 25.1. The molecule has 0 atom stereocenters. The van der Waals surface area contributed by atoms with Gasteiger partial charge in [-0.1, -0.05) is 97.1 Å². The average Bonchev–Trinajstić information content (AvgIpc) is 3.42. The molecule has 5 rings (SSSR count). The van der Waals surface area contributed by atoms with Crippen molar-refractivity contribution in [2.75, 3.05) is 32.7 Å². The maximum absolute atomic E-state index is 4.47. The van der Waals surface area contributed by atoms with Crippen LogP contribution in [0.3, 0.4) is 0 Å². The van der Waals surface area contributed by atoms with E-state index in [9.17, 15) is 0 Å². The number of aryl methyl sites for hydroxylation is 1. The van der Waals surface area contributed by atoms with Crippen LogP contribution < -0.4 is 0 Å². The van der Waals surface area contributed by atoms with Crippen LogP contribution >= 0.6 is 0 Å². The lowest BCUT2D eigenvalue weighted by Gasteiger charge is -2.34. The zero-order valence-corrected chi connectivity index (χ0v) is 21.4. The molecule has 0 amide bonds. The van der Waals surface area contributed by atoms with Crippen molar-refractivity contribution in [3.63, 3.8) is 0 Å². The minimum Gasteiger partial charge on any atom is -0.375 e. The number of benzene rings is 3. The van der Waals surface area contributed by atoms with Crippen LogP contribution in [0.15, 0.2) is 103 Å². The maximum Gasteiger partial charge on any atom is 0.163 e. The molecule has 0 spiro atoms. The highest BCUT2D eigenvalue weighted by Crippen LogP contribution is 2.30. The van der Waals surface area contributed by atoms with Crippen molar-refractivity contribution < 1.29 is 0 Å². The summed E-state index contributed by atoms with van der Waals surface area (Å²) in [4.78, 5) is 5.03. The third kappa shape index (κ3) is 6.92. The number of tetrazole rings is 1. The van der Waals surface area contributed by atoms with Crippen molar-refractivity contribution in [1.29, 1.82) is 0 Å². The highest BCUT2D eigenvalue weighted by atomic mass is 15.5. The Labute approximate surface area is 220 Å². The fourth-order valence-corrected chi connectivity index (χ4v) is 5.04. The Bertz CT molecular complexity index is 1170. The number of unbranched alkanes of at least 4 members (excludes halogenated alkanes) is 1. The smallest absolute Gasteiger partial charge is 0.163 e. The molecule has 0 N–H and O–H groups in total. The van der Waals surface area contributed by atoms with Crippen LogP contribution in [0.4, 0.5) is 0 Å². The van der Waals surface area contributed by atoms with E-state index in [0.717, 1.165) is 64.4 Å². The van der Waals surface area contributed by atoms with Crippen molar-refractivity contribution in [1.82, 2.24) is 30.0 Å². The minimum atomic E-state index is 0.0282. The number of piperazine rings is 1. The first-order valence-electron chi connectivity index (χ1n) is 13.4. The molecule has 0 unspecified atom stereocenters. The quantitative estimate of drug-likeness (QED) is 0.276. The number of hydrogen-bond acceptors (Lipinski definition) is 5. The zero-order valence-electron chi connectivity index (χ0n) is 21.4.